The van der Waals surface area contributed by atoms with E-state index in [1.165, 1.54) is 6.08 Å². The number of carbonyl (C=O) groups is 1. The Labute approximate surface area is 93.7 Å². The van der Waals surface area contributed by atoms with E-state index in [4.69, 9.17) is 15.2 Å². The average Bonchev–Trinajstić information content (AvgIpc) is 2.80. The molecule has 0 spiro atoms. The number of carbonyl (C=O) groups excluding carboxylic acids is 1. The van der Waals surface area contributed by atoms with Crippen LogP contribution in [0.1, 0.15) is 17.4 Å². The summed E-state index contributed by atoms with van der Waals surface area (Å²) in [6, 6.07) is 7.60. The Morgan fingerprint density at radius 3 is 2.44 bits per heavy atom. The first kappa shape index (κ1) is 10.9. The van der Waals surface area contributed by atoms with E-state index in [-0.39, 0.29) is 6.29 Å². The minimum atomic E-state index is -0.452. The molecule has 0 bridgehead atoms. The first-order valence-corrected chi connectivity index (χ1v) is 5.06. The highest BCUT2D eigenvalue weighted by molar-refractivity contribution is 5.90. The van der Waals surface area contributed by atoms with Crippen molar-refractivity contribution in [2.75, 3.05) is 13.2 Å². The summed E-state index contributed by atoms with van der Waals surface area (Å²) in [5, 5.41) is 0. The molecule has 84 valence electrons. The molecule has 1 saturated heterocycles. The molecule has 0 atom stereocenters. The average molecular weight is 219 g/mol. The predicted octanol–water partition coefficient (Wildman–Crippen LogP) is 1.23. The number of nitrogens with two attached hydrogens (primary N) is 1. The van der Waals surface area contributed by atoms with Gasteiger partial charge in [0.25, 0.3) is 0 Å². The smallest absolute Gasteiger partial charge is 0.241 e. The van der Waals surface area contributed by atoms with Crippen molar-refractivity contribution in [1.29, 1.82) is 0 Å². The van der Waals surface area contributed by atoms with E-state index in [2.05, 4.69) is 0 Å². The maximum absolute atomic E-state index is 10.5. The number of benzene rings is 1. The molecule has 1 aromatic rings. The van der Waals surface area contributed by atoms with Gasteiger partial charge in [-0.3, -0.25) is 4.79 Å². The van der Waals surface area contributed by atoms with Gasteiger partial charge in [0.2, 0.25) is 5.91 Å². The molecular weight excluding hydrogens is 206 g/mol. The van der Waals surface area contributed by atoms with E-state index in [1.807, 2.05) is 24.3 Å². The van der Waals surface area contributed by atoms with Crippen LogP contribution >= 0.6 is 0 Å². The largest absolute Gasteiger partial charge is 0.366 e. The molecule has 1 amide bonds. The number of primary amides is 1. The molecule has 1 aliphatic rings. The van der Waals surface area contributed by atoms with Crippen molar-refractivity contribution in [2.24, 2.45) is 5.73 Å². The first-order valence-electron chi connectivity index (χ1n) is 5.06. The maximum Gasteiger partial charge on any atom is 0.241 e. The Hall–Kier alpha value is -1.65. The predicted molar refractivity (Wildman–Crippen MR) is 59.3 cm³/mol. The number of ether oxygens (including phenoxy) is 2. The van der Waals surface area contributed by atoms with Crippen LogP contribution in [0.2, 0.25) is 0 Å². The van der Waals surface area contributed by atoms with Crippen molar-refractivity contribution < 1.29 is 14.3 Å². The van der Waals surface area contributed by atoms with Crippen LogP contribution < -0.4 is 5.73 Å². The standard InChI is InChI=1S/C12H13NO3/c13-11(14)6-3-9-1-4-10(5-2-9)12-15-7-8-16-12/h1-6,12H,7-8H2,(H2,13,14). The fourth-order valence-corrected chi connectivity index (χ4v) is 1.49. The molecule has 2 rings (SSSR count). The van der Waals surface area contributed by atoms with Crippen LogP contribution in [0.15, 0.2) is 30.3 Å². The summed E-state index contributed by atoms with van der Waals surface area (Å²) in [4.78, 5) is 10.5. The van der Waals surface area contributed by atoms with E-state index in [0.29, 0.717) is 13.2 Å². The SMILES string of the molecule is NC(=O)C=Cc1ccc(C2OCCO2)cc1. The van der Waals surface area contributed by atoms with Gasteiger partial charge < -0.3 is 15.2 Å². The van der Waals surface area contributed by atoms with Crippen molar-refractivity contribution >= 4 is 12.0 Å². The molecule has 1 fully saturated rings. The Morgan fingerprint density at radius 2 is 1.88 bits per heavy atom. The summed E-state index contributed by atoms with van der Waals surface area (Å²) in [5.41, 5.74) is 6.90. The van der Waals surface area contributed by atoms with E-state index in [1.54, 1.807) is 6.08 Å². The van der Waals surface area contributed by atoms with Crippen LogP contribution in [0.3, 0.4) is 0 Å². The van der Waals surface area contributed by atoms with E-state index in [0.717, 1.165) is 11.1 Å². The third-order valence-corrected chi connectivity index (χ3v) is 2.27. The summed E-state index contributed by atoms with van der Waals surface area (Å²) in [6.45, 7) is 1.27. The van der Waals surface area contributed by atoms with Crippen molar-refractivity contribution in [3.63, 3.8) is 0 Å². The minimum absolute atomic E-state index is 0.255. The Balaban J connectivity index is 2.06. The lowest BCUT2D eigenvalue weighted by Gasteiger charge is -2.08. The molecule has 2 N–H and O–H groups in total. The minimum Gasteiger partial charge on any atom is -0.366 e. The van der Waals surface area contributed by atoms with E-state index >= 15 is 0 Å². The van der Waals surface area contributed by atoms with Gasteiger partial charge in [0.1, 0.15) is 0 Å². The number of amides is 1. The second-order valence-corrected chi connectivity index (χ2v) is 3.48. The lowest BCUT2D eigenvalue weighted by molar-refractivity contribution is -0.113. The molecular formula is C12H13NO3. The van der Waals surface area contributed by atoms with Crippen molar-refractivity contribution in [1.82, 2.24) is 0 Å². The molecule has 1 aliphatic heterocycles. The molecule has 0 radical (unpaired) electrons. The third-order valence-electron chi connectivity index (χ3n) is 2.27. The summed E-state index contributed by atoms with van der Waals surface area (Å²) < 4.78 is 10.7. The number of hydrogen-bond donors (Lipinski definition) is 1. The highest BCUT2D eigenvalue weighted by Crippen LogP contribution is 2.23. The van der Waals surface area contributed by atoms with Gasteiger partial charge in [-0.05, 0) is 11.6 Å². The van der Waals surface area contributed by atoms with Crippen LogP contribution in [0.5, 0.6) is 0 Å². The molecule has 1 aromatic carbocycles. The van der Waals surface area contributed by atoms with Gasteiger partial charge >= 0.3 is 0 Å². The zero-order valence-corrected chi connectivity index (χ0v) is 8.76. The van der Waals surface area contributed by atoms with Crippen LogP contribution in [0.4, 0.5) is 0 Å². The zero-order valence-electron chi connectivity index (χ0n) is 8.76. The molecule has 0 aromatic heterocycles. The van der Waals surface area contributed by atoms with Gasteiger partial charge in [-0.25, -0.2) is 0 Å². The highest BCUT2D eigenvalue weighted by Gasteiger charge is 2.17. The van der Waals surface area contributed by atoms with Gasteiger partial charge in [0, 0.05) is 11.6 Å². The molecule has 0 saturated carbocycles. The molecule has 0 unspecified atom stereocenters. The summed E-state index contributed by atoms with van der Waals surface area (Å²) in [6.07, 6.45) is 2.74. The summed E-state index contributed by atoms with van der Waals surface area (Å²) in [7, 11) is 0. The lowest BCUT2D eigenvalue weighted by atomic mass is 10.1. The zero-order chi connectivity index (χ0) is 11.4. The van der Waals surface area contributed by atoms with Crippen LogP contribution in [-0.2, 0) is 14.3 Å². The molecule has 1 heterocycles. The Morgan fingerprint density at radius 1 is 1.25 bits per heavy atom. The molecule has 4 nitrogen and oxygen atoms in total. The number of hydrogen-bond acceptors (Lipinski definition) is 3. The second kappa shape index (κ2) is 4.92. The van der Waals surface area contributed by atoms with Gasteiger partial charge in [-0.1, -0.05) is 24.3 Å². The Bertz CT molecular complexity index is 391. The van der Waals surface area contributed by atoms with Crippen LogP contribution in [0, 0.1) is 0 Å². The van der Waals surface area contributed by atoms with Crippen LogP contribution in [-0.4, -0.2) is 19.1 Å². The first-order chi connectivity index (χ1) is 7.75. The normalized spacial score (nSPS) is 17.0. The summed E-state index contributed by atoms with van der Waals surface area (Å²) >= 11 is 0. The fourth-order valence-electron chi connectivity index (χ4n) is 1.49. The van der Waals surface area contributed by atoms with E-state index in [9.17, 15) is 4.79 Å². The van der Waals surface area contributed by atoms with Crippen molar-refractivity contribution in [3.8, 4) is 0 Å². The monoisotopic (exact) mass is 219 g/mol. The fraction of sp³-hybridized carbons (Fsp3) is 0.250. The molecule has 4 heteroatoms. The molecule has 0 aliphatic carbocycles. The molecule has 16 heavy (non-hydrogen) atoms. The van der Waals surface area contributed by atoms with Gasteiger partial charge in [0.05, 0.1) is 13.2 Å². The lowest BCUT2D eigenvalue weighted by Crippen LogP contribution is -2.05. The number of rotatable bonds is 3. The van der Waals surface area contributed by atoms with Gasteiger partial charge in [-0.15, -0.1) is 0 Å². The quantitative estimate of drug-likeness (QED) is 0.778. The van der Waals surface area contributed by atoms with Gasteiger partial charge in [0.15, 0.2) is 6.29 Å². The van der Waals surface area contributed by atoms with E-state index < -0.39 is 5.91 Å². The highest BCUT2D eigenvalue weighted by atomic mass is 16.7. The van der Waals surface area contributed by atoms with Crippen molar-refractivity contribution in [2.45, 2.75) is 6.29 Å². The summed E-state index contributed by atoms with van der Waals surface area (Å²) in [5.74, 6) is -0.452. The Kier molecular flexibility index (Phi) is 3.34. The van der Waals surface area contributed by atoms with Crippen molar-refractivity contribution in [3.05, 3.63) is 41.5 Å². The van der Waals surface area contributed by atoms with Crippen LogP contribution in [0.25, 0.3) is 6.08 Å². The second-order valence-electron chi connectivity index (χ2n) is 3.48. The van der Waals surface area contributed by atoms with Gasteiger partial charge in [-0.2, -0.15) is 0 Å². The topological polar surface area (TPSA) is 61.6 Å². The maximum atomic E-state index is 10.5. The third kappa shape index (κ3) is 2.68.